The summed E-state index contributed by atoms with van der Waals surface area (Å²) in [5.41, 5.74) is 0.711. The maximum atomic E-state index is 12.3. The van der Waals surface area contributed by atoms with Crippen LogP contribution in [-0.4, -0.2) is 53.9 Å². The molecule has 1 aromatic rings. The summed E-state index contributed by atoms with van der Waals surface area (Å²) in [4.78, 5) is 14.4. The first-order valence-corrected chi connectivity index (χ1v) is 8.10. The highest BCUT2D eigenvalue weighted by molar-refractivity contribution is 9.10. The summed E-state index contributed by atoms with van der Waals surface area (Å²) in [6.45, 7) is 5.56. The summed E-state index contributed by atoms with van der Waals surface area (Å²) in [6, 6.07) is 0. The highest BCUT2D eigenvalue weighted by Crippen LogP contribution is 2.26. The predicted octanol–water partition coefficient (Wildman–Crippen LogP) is 1.12. The SMILES string of the molecule is CN(C)CCn1ncc(NC2(C)CCNCC2)c(Br)c1=O. The van der Waals surface area contributed by atoms with Gasteiger partial charge in [0.05, 0.1) is 18.4 Å². The van der Waals surface area contributed by atoms with Crippen molar-refractivity contribution in [3.63, 3.8) is 0 Å². The summed E-state index contributed by atoms with van der Waals surface area (Å²) in [6.07, 6.45) is 3.81. The number of piperidine rings is 1. The molecule has 0 amide bonds. The van der Waals surface area contributed by atoms with Gasteiger partial charge in [-0.3, -0.25) is 4.79 Å². The molecular weight excluding hydrogens is 334 g/mol. The largest absolute Gasteiger partial charge is 0.377 e. The van der Waals surface area contributed by atoms with Crippen LogP contribution in [-0.2, 0) is 6.54 Å². The van der Waals surface area contributed by atoms with Gasteiger partial charge in [-0.05, 0) is 62.9 Å². The average Bonchev–Trinajstić information content (AvgIpc) is 2.43. The van der Waals surface area contributed by atoms with Crippen LogP contribution in [0.25, 0.3) is 0 Å². The van der Waals surface area contributed by atoms with Gasteiger partial charge in [-0.25, -0.2) is 4.68 Å². The summed E-state index contributed by atoms with van der Waals surface area (Å²) in [5, 5.41) is 11.1. The Morgan fingerprint density at radius 1 is 1.48 bits per heavy atom. The normalized spacial score (nSPS) is 18.0. The van der Waals surface area contributed by atoms with Crippen molar-refractivity contribution in [1.82, 2.24) is 20.0 Å². The Balaban J connectivity index is 2.14. The molecule has 2 heterocycles. The summed E-state index contributed by atoms with van der Waals surface area (Å²) < 4.78 is 2.07. The van der Waals surface area contributed by atoms with Crippen LogP contribution in [0, 0.1) is 0 Å². The lowest BCUT2D eigenvalue weighted by Gasteiger charge is -2.36. The van der Waals surface area contributed by atoms with E-state index in [1.54, 1.807) is 6.20 Å². The number of nitrogens with one attached hydrogen (secondary N) is 2. The van der Waals surface area contributed by atoms with Crippen molar-refractivity contribution in [2.75, 3.05) is 39.0 Å². The van der Waals surface area contributed by atoms with Crippen molar-refractivity contribution in [2.24, 2.45) is 0 Å². The molecule has 1 aromatic heterocycles. The molecule has 6 nitrogen and oxygen atoms in total. The molecule has 0 aliphatic carbocycles. The second kappa shape index (κ2) is 6.89. The van der Waals surface area contributed by atoms with E-state index in [4.69, 9.17) is 0 Å². The number of aromatic nitrogens is 2. The highest BCUT2D eigenvalue weighted by atomic mass is 79.9. The minimum atomic E-state index is -0.0839. The molecule has 2 N–H and O–H groups in total. The lowest BCUT2D eigenvalue weighted by atomic mass is 9.90. The van der Waals surface area contributed by atoms with Gasteiger partial charge in [-0.15, -0.1) is 0 Å². The molecule has 1 saturated heterocycles. The van der Waals surface area contributed by atoms with Crippen LogP contribution in [0.1, 0.15) is 19.8 Å². The summed E-state index contributed by atoms with van der Waals surface area (Å²) in [5.74, 6) is 0. The molecule has 21 heavy (non-hydrogen) atoms. The topological polar surface area (TPSA) is 62.2 Å². The third kappa shape index (κ3) is 4.28. The minimum Gasteiger partial charge on any atom is -0.377 e. The standard InChI is InChI=1S/C14H24BrN5O/c1-14(4-6-16-7-5-14)18-11-10-17-20(9-8-19(2)3)13(21)12(11)15/h10,16,18H,4-9H2,1-3H3. The first-order chi connectivity index (χ1) is 9.91. The van der Waals surface area contributed by atoms with E-state index in [-0.39, 0.29) is 11.1 Å². The van der Waals surface area contributed by atoms with Gasteiger partial charge in [0, 0.05) is 12.1 Å². The van der Waals surface area contributed by atoms with Gasteiger partial charge in [0.15, 0.2) is 0 Å². The fourth-order valence-electron chi connectivity index (χ4n) is 2.43. The van der Waals surface area contributed by atoms with Gasteiger partial charge in [0.25, 0.3) is 5.56 Å². The molecule has 0 bridgehead atoms. The van der Waals surface area contributed by atoms with Crippen molar-refractivity contribution in [3.05, 3.63) is 21.0 Å². The van der Waals surface area contributed by atoms with E-state index in [9.17, 15) is 4.79 Å². The fraction of sp³-hybridized carbons (Fsp3) is 0.714. The number of anilines is 1. The number of halogens is 1. The lowest BCUT2D eigenvalue weighted by molar-refractivity contribution is 0.361. The molecule has 1 aliphatic rings. The van der Waals surface area contributed by atoms with Crippen molar-refractivity contribution in [2.45, 2.75) is 31.8 Å². The Labute approximate surface area is 134 Å². The van der Waals surface area contributed by atoms with Crippen LogP contribution in [0.4, 0.5) is 5.69 Å². The second-order valence-corrected chi connectivity index (χ2v) is 6.93. The fourth-order valence-corrected chi connectivity index (χ4v) is 2.84. The number of likely N-dealkylation sites (N-methyl/N-ethyl adjacent to an activating group) is 1. The average molecular weight is 358 g/mol. The minimum absolute atomic E-state index is 0.0116. The van der Waals surface area contributed by atoms with E-state index in [2.05, 4.69) is 38.6 Å². The first kappa shape index (κ1) is 16.5. The summed E-state index contributed by atoms with van der Waals surface area (Å²) in [7, 11) is 3.96. The van der Waals surface area contributed by atoms with Crippen molar-refractivity contribution in [1.29, 1.82) is 0 Å². The molecule has 0 atom stereocenters. The molecule has 0 unspecified atom stereocenters. The predicted molar refractivity (Wildman–Crippen MR) is 88.9 cm³/mol. The second-order valence-electron chi connectivity index (χ2n) is 6.14. The number of rotatable bonds is 5. The molecule has 1 fully saturated rings. The Morgan fingerprint density at radius 3 is 2.76 bits per heavy atom. The van der Waals surface area contributed by atoms with Crippen molar-refractivity contribution < 1.29 is 0 Å². The molecule has 0 radical (unpaired) electrons. The van der Waals surface area contributed by atoms with Crippen molar-refractivity contribution >= 4 is 21.6 Å². The zero-order chi connectivity index (χ0) is 15.5. The van der Waals surface area contributed by atoms with E-state index < -0.39 is 0 Å². The number of hydrogen-bond donors (Lipinski definition) is 2. The van der Waals surface area contributed by atoms with Gasteiger partial charge in [-0.2, -0.15) is 5.10 Å². The Kier molecular flexibility index (Phi) is 5.40. The molecule has 1 aliphatic heterocycles. The molecule has 0 spiro atoms. The molecule has 0 aromatic carbocycles. The Morgan fingerprint density at radius 2 is 2.14 bits per heavy atom. The number of hydrogen-bond acceptors (Lipinski definition) is 5. The smallest absolute Gasteiger partial charge is 0.283 e. The van der Waals surface area contributed by atoms with Crippen LogP contribution < -0.4 is 16.2 Å². The van der Waals surface area contributed by atoms with E-state index in [0.717, 1.165) is 38.2 Å². The van der Waals surface area contributed by atoms with Gasteiger partial charge in [-0.1, -0.05) is 0 Å². The molecule has 7 heteroatoms. The van der Waals surface area contributed by atoms with Crippen LogP contribution in [0.5, 0.6) is 0 Å². The number of nitrogens with zero attached hydrogens (tertiary/aromatic N) is 3. The van der Waals surface area contributed by atoms with Crippen LogP contribution in [0.3, 0.4) is 0 Å². The Hall–Kier alpha value is -0.920. The van der Waals surface area contributed by atoms with Gasteiger partial charge >= 0.3 is 0 Å². The maximum absolute atomic E-state index is 12.3. The van der Waals surface area contributed by atoms with E-state index >= 15 is 0 Å². The quantitative estimate of drug-likeness (QED) is 0.826. The van der Waals surface area contributed by atoms with E-state index in [0.29, 0.717) is 11.0 Å². The third-order valence-electron chi connectivity index (χ3n) is 3.89. The van der Waals surface area contributed by atoms with Crippen LogP contribution in [0.2, 0.25) is 0 Å². The zero-order valence-corrected chi connectivity index (χ0v) is 14.5. The summed E-state index contributed by atoms with van der Waals surface area (Å²) >= 11 is 3.42. The molecular formula is C14H24BrN5O. The van der Waals surface area contributed by atoms with Crippen molar-refractivity contribution in [3.8, 4) is 0 Å². The zero-order valence-electron chi connectivity index (χ0n) is 12.9. The molecule has 0 saturated carbocycles. The highest BCUT2D eigenvalue weighted by Gasteiger charge is 2.27. The lowest BCUT2D eigenvalue weighted by Crippen LogP contribution is -2.45. The van der Waals surface area contributed by atoms with Crippen LogP contribution >= 0.6 is 15.9 Å². The van der Waals surface area contributed by atoms with Gasteiger partial charge < -0.3 is 15.5 Å². The molecule has 118 valence electrons. The van der Waals surface area contributed by atoms with Crippen LogP contribution in [0.15, 0.2) is 15.5 Å². The van der Waals surface area contributed by atoms with E-state index in [1.165, 1.54) is 4.68 Å². The van der Waals surface area contributed by atoms with Gasteiger partial charge in [0.2, 0.25) is 0 Å². The first-order valence-electron chi connectivity index (χ1n) is 7.30. The van der Waals surface area contributed by atoms with Gasteiger partial charge in [0.1, 0.15) is 4.47 Å². The monoisotopic (exact) mass is 357 g/mol. The Bertz CT molecular complexity index is 537. The van der Waals surface area contributed by atoms with E-state index in [1.807, 2.05) is 19.0 Å². The maximum Gasteiger partial charge on any atom is 0.283 e. The molecule has 2 rings (SSSR count). The third-order valence-corrected chi connectivity index (χ3v) is 4.65.